The van der Waals surface area contributed by atoms with Crippen molar-refractivity contribution in [2.45, 2.75) is 25.0 Å². The number of hydrogen-bond donors (Lipinski definition) is 2. The molecule has 4 heterocycles. The van der Waals surface area contributed by atoms with Gasteiger partial charge in [-0.05, 0) is 13.0 Å². The van der Waals surface area contributed by atoms with Crippen LogP contribution < -0.4 is 5.32 Å². The van der Waals surface area contributed by atoms with Crippen LogP contribution in [0.15, 0.2) is 46.0 Å². The lowest BCUT2D eigenvalue weighted by atomic mass is 9.94. The summed E-state index contributed by atoms with van der Waals surface area (Å²) in [6, 6.07) is 1.43. The molecule has 3 aliphatic rings. The standard InChI is InChI=1S/C25H26ClFN6O5S/c1-3-38-24(36)17-15(11-32-8-9-33-16(20(32)23(34)35)12-31(2)25(33)37)29-21(22-28-7-10-39-22)30-19(17)13-5-4-6-14(27)18(13)26/h4-7,10,16,19-20H,3,8-9,11-12H2,1-2H3,(H,29,30)(H,34,35)/t16-,19-,20+/m0/s1. The van der Waals surface area contributed by atoms with E-state index in [4.69, 9.17) is 21.3 Å². The number of urea groups is 1. The van der Waals surface area contributed by atoms with E-state index in [9.17, 15) is 23.9 Å². The minimum absolute atomic E-state index is 0.00118. The third-order valence-corrected chi connectivity index (χ3v) is 8.14. The zero-order chi connectivity index (χ0) is 27.8. The van der Waals surface area contributed by atoms with Crippen molar-refractivity contribution in [3.05, 3.63) is 62.5 Å². The summed E-state index contributed by atoms with van der Waals surface area (Å²) in [5.41, 5.74) is 0.697. The molecular weight excluding hydrogens is 551 g/mol. The number of aromatic nitrogens is 1. The molecule has 14 heteroatoms. The van der Waals surface area contributed by atoms with Gasteiger partial charge in [0.05, 0.1) is 23.2 Å². The van der Waals surface area contributed by atoms with Gasteiger partial charge in [0.2, 0.25) is 0 Å². The van der Waals surface area contributed by atoms with Crippen LogP contribution in [0.1, 0.15) is 23.5 Å². The van der Waals surface area contributed by atoms with Crippen LogP contribution in [0, 0.1) is 5.82 Å². The first-order valence-corrected chi connectivity index (χ1v) is 13.5. The normalized spacial score (nSPS) is 23.4. The number of carbonyl (C=O) groups is 3. The lowest BCUT2D eigenvalue weighted by molar-refractivity contribution is -0.147. The smallest absolute Gasteiger partial charge is 0.338 e. The Morgan fingerprint density at radius 1 is 1.33 bits per heavy atom. The Morgan fingerprint density at radius 3 is 2.82 bits per heavy atom. The van der Waals surface area contributed by atoms with Crippen molar-refractivity contribution >= 4 is 46.7 Å². The predicted octanol–water partition coefficient (Wildman–Crippen LogP) is 2.35. The molecule has 5 rings (SSSR count). The molecule has 39 heavy (non-hydrogen) atoms. The van der Waals surface area contributed by atoms with Crippen LogP contribution >= 0.6 is 22.9 Å². The monoisotopic (exact) mass is 576 g/mol. The first-order chi connectivity index (χ1) is 18.7. The number of thiazole rings is 1. The molecule has 3 atom stereocenters. The number of fused-ring (bicyclic) bond motifs is 1. The summed E-state index contributed by atoms with van der Waals surface area (Å²) in [5, 5.41) is 15.5. The topological polar surface area (TPSA) is 128 Å². The van der Waals surface area contributed by atoms with Gasteiger partial charge >= 0.3 is 18.0 Å². The molecule has 0 radical (unpaired) electrons. The summed E-state index contributed by atoms with van der Waals surface area (Å²) in [6.07, 6.45) is 1.60. The van der Waals surface area contributed by atoms with Gasteiger partial charge in [-0.1, -0.05) is 23.7 Å². The number of likely N-dealkylation sites (N-methyl/N-ethyl adjacent to an activating group) is 1. The second-order valence-electron chi connectivity index (χ2n) is 9.28. The summed E-state index contributed by atoms with van der Waals surface area (Å²) in [7, 11) is 1.64. The number of carbonyl (C=O) groups excluding carboxylic acids is 2. The molecule has 1 aromatic carbocycles. The number of nitrogens with one attached hydrogen (secondary N) is 1. The van der Waals surface area contributed by atoms with E-state index in [2.05, 4.69) is 10.3 Å². The third kappa shape index (κ3) is 4.97. The van der Waals surface area contributed by atoms with Gasteiger partial charge in [-0.2, -0.15) is 0 Å². The molecule has 0 spiro atoms. The largest absolute Gasteiger partial charge is 0.480 e. The molecule has 11 nitrogen and oxygen atoms in total. The van der Waals surface area contributed by atoms with Gasteiger partial charge in [-0.3, -0.25) is 14.7 Å². The zero-order valence-electron chi connectivity index (χ0n) is 21.1. The first kappa shape index (κ1) is 27.0. The Balaban J connectivity index is 1.60. The highest BCUT2D eigenvalue weighted by Gasteiger charge is 2.49. The highest BCUT2D eigenvalue weighted by Crippen LogP contribution is 2.38. The molecule has 0 unspecified atom stereocenters. The Morgan fingerprint density at radius 2 is 2.13 bits per heavy atom. The SMILES string of the molecule is CCOC(=O)C1=C(CN2CCN3C(=O)N(C)C[C@H]3[C@@H]2C(=O)O)NC(c2nccs2)=N[C@H]1c1cccc(F)c1Cl. The quantitative estimate of drug-likeness (QED) is 0.481. The van der Waals surface area contributed by atoms with E-state index in [1.165, 1.54) is 28.4 Å². The average Bonchev–Trinajstić information content (AvgIpc) is 3.53. The zero-order valence-corrected chi connectivity index (χ0v) is 22.7. The second kappa shape index (κ2) is 10.9. The fraction of sp³-hybridized carbons (Fsp3) is 0.400. The van der Waals surface area contributed by atoms with E-state index in [0.717, 1.165) is 0 Å². The Bertz CT molecular complexity index is 1370. The Hall–Kier alpha value is -3.55. The number of carboxylic acid groups (broad SMARTS) is 1. The summed E-state index contributed by atoms with van der Waals surface area (Å²) in [6.45, 7) is 2.58. The molecule has 206 valence electrons. The number of ether oxygens (including phenoxy) is 1. The van der Waals surface area contributed by atoms with Crippen LogP contribution in [0.3, 0.4) is 0 Å². The number of aliphatic carboxylic acids is 1. The van der Waals surface area contributed by atoms with Crippen LogP contribution in [0.25, 0.3) is 0 Å². The van der Waals surface area contributed by atoms with Crippen molar-refractivity contribution in [2.24, 2.45) is 4.99 Å². The Kier molecular flexibility index (Phi) is 7.56. The maximum atomic E-state index is 14.5. The van der Waals surface area contributed by atoms with Crippen molar-refractivity contribution in [1.29, 1.82) is 0 Å². The molecule has 1 aromatic heterocycles. The van der Waals surface area contributed by atoms with Crippen molar-refractivity contribution in [3.8, 4) is 0 Å². The number of amidine groups is 1. The molecule has 0 aliphatic carbocycles. The molecular formula is C25H26ClFN6O5S. The van der Waals surface area contributed by atoms with Crippen molar-refractivity contribution in [1.82, 2.24) is 25.0 Å². The van der Waals surface area contributed by atoms with Gasteiger partial charge in [0, 0.05) is 56.1 Å². The van der Waals surface area contributed by atoms with Crippen LogP contribution in [0.5, 0.6) is 0 Å². The van der Waals surface area contributed by atoms with E-state index in [-0.39, 0.29) is 48.4 Å². The molecule has 2 saturated heterocycles. The van der Waals surface area contributed by atoms with E-state index in [1.807, 2.05) is 0 Å². The van der Waals surface area contributed by atoms with E-state index < -0.39 is 35.9 Å². The van der Waals surface area contributed by atoms with Gasteiger partial charge in [0.1, 0.15) is 17.9 Å². The van der Waals surface area contributed by atoms with Gasteiger partial charge in [-0.15, -0.1) is 11.3 Å². The summed E-state index contributed by atoms with van der Waals surface area (Å²) < 4.78 is 19.9. The molecule has 0 bridgehead atoms. The number of piperazine rings is 1. The van der Waals surface area contributed by atoms with E-state index in [0.29, 0.717) is 23.1 Å². The highest BCUT2D eigenvalue weighted by molar-refractivity contribution is 7.11. The minimum atomic E-state index is -1.08. The molecule has 2 amide bonds. The van der Waals surface area contributed by atoms with Crippen LogP contribution in [-0.4, -0.2) is 101 Å². The predicted molar refractivity (Wildman–Crippen MR) is 141 cm³/mol. The third-order valence-electron chi connectivity index (χ3n) is 6.97. The first-order valence-electron chi connectivity index (χ1n) is 12.3. The number of rotatable bonds is 7. The molecule has 3 aliphatic heterocycles. The minimum Gasteiger partial charge on any atom is -0.480 e. The Labute approximate surface area is 232 Å². The van der Waals surface area contributed by atoms with Crippen LogP contribution in [0.2, 0.25) is 5.02 Å². The van der Waals surface area contributed by atoms with E-state index >= 15 is 0 Å². The number of amides is 2. The maximum absolute atomic E-state index is 14.5. The number of halogens is 2. The molecule has 2 N–H and O–H groups in total. The van der Waals surface area contributed by atoms with Crippen molar-refractivity contribution in [2.75, 3.05) is 39.8 Å². The number of aliphatic imine (C=N–C) groups is 1. The van der Waals surface area contributed by atoms with Crippen LogP contribution in [0.4, 0.5) is 9.18 Å². The van der Waals surface area contributed by atoms with Gasteiger partial charge < -0.3 is 25.0 Å². The van der Waals surface area contributed by atoms with Gasteiger partial charge in [-0.25, -0.2) is 19.0 Å². The molecule has 2 fully saturated rings. The number of esters is 1. The fourth-order valence-corrected chi connectivity index (χ4v) is 6.06. The number of benzene rings is 1. The summed E-state index contributed by atoms with van der Waals surface area (Å²) >= 11 is 7.67. The van der Waals surface area contributed by atoms with Crippen molar-refractivity contribution < 1.29 is 28.6 Å². The lowest BCUT2D eigenvalue weighted by Crippen LogP contribution is -2.62. The summed E-state index contributed by atoms with van der Waals surface area (Å²) in [5.74, 6) is -2.10. The number of hydrogen-bond acceptors (Lipinski definition) is 9. The van der Waals surface area contributed by atoms with Crippen molar-refractivity contribution in [3.63, 3.8) is 0 Å². The van der Waals surface area contributed by atoms with Gasteiger partial charge in [0.25, 0.3) is 0 Å². The van der Waals surface area contributed by atoms with E-state index in [1.54, 1.807) is 41.4 Å². The molecule has 0 saturated carbocycles. The van der Waals surface area contributed by atoms with Crippen LogP contribution in [-0.2, 0) is 14.3 Å². The maximum Gasteiger partial charge on any atom is 0.338 e. The second-order valence-corrected chi connectivity index (χ2v) is 10.5. The fourth-order valence-electron chi connectivity index (χ4n) is 5.25. The lowest BCUT2D eigenvalue weighted by Gasteiger charge is -2.42. The summed E-state index contributed by atoms with van der Waals surface area (Å²) in [4.78, 5) is 52.2. The highest BCUT2D eigenvalue weighted by atomic mass is 35.5. The van der Waals surface area contributed by atoms with Gasteiger partial charge in [0.15, 0.2) is 10.8 Å². The number of nitrogens with zero attached hydrogens (tertiary/aromatic N) is 5. The molecule has 2 aromatic rings. The average molecular weight is 577 g/mol. The number of carboxylic acids is 1.